The van der Waals surface area contributed by atoms with Gasteiger partial charge in [-0.3, -0.25) is 4.79 Å². The third-order valence-electron chi connectivity index (χ3n) is 2.82. The number of imidazole rings is 1. The molecule has 0 saturated heterocycles. The number of amides is 1. The van der Waals surface area contributed by atoms with E-state index in [0.29, 0.717) is 6.54 Å². The number of aromatic nitrogens is 2. The molecule has 1 aliphatic rings. The zero-order chi connectivity index (χ0) is 11.5. The molecule has 1 atom stereocenters. The molecule has 104 valence electrons. The Labute approximate surface area is 119 Å². The summed E-state index contributed by atoms with van der Waals surface area (Å²) in [5, 5.41) is 2.77. The first-order valence-corrected chi connectivity index (χ1v) is 5.75. The summed E-state index contributed by atoms with van der Waals surface area (Å²) in [4.78, 5) is 15.8. The van der Waals surface area contributed by atoms with Crippen molar-refractivity contribution in [2.24, 2.45) is 5.73 Å². The molecule has 7 heteroatoms. The Bertz CT molecular complexity index is 369. The van der Waals surface area contributed by atoms with Gasteiger partial charge < -0.3 is 15.6 Å². The maximum absolute atomic E-state index is 11.3. The lowest BCUT2D eigenvalue weighted by atomic mass is 10.2. The van der Waals surface area contributed by atoms with Crippen LogP contribution in [0.1, 0.15) is 31.3 Å². The van der Waals surface area contributed by atoms with Crippen molar-refractivity contribution in [1.82, 2.24) is 14.9 Å². The molecule has 0 aliphatic carbocycles. The number of halogens is 2. The van der Waals surface area contributed by atoms with Crippen LogP contribution in [0.2, 0.25) is 0 Å². The quantitative estimate of drug-likeness (QED) is 0.874. The van der Waals surface area contributed by atoms with Gasteiger partial charge in [-0.1, -0.05) is 0 Å². The molecule has 5 nitrogen and oxygen atoms in total. The minimum atomic E-state index is -0.461. The first kappa shape index (κ1) is 17.2. The molecule has 0 bridgehead atoms. The van der Waals surface area contributed by atoms with Gasteiger partial charge in [-0.05, 0) is 19.8 Å². The number of nitrogens with one attached hydrogen (secondary N) is 1. The van der Waals surface area contributed by atoms with Gasteiger partial charge in [-0.2, -0.15) is 0 Å². The van der Waals surface area contributed by atoms with Crippen LogP contribution >= 0.6 is 24.8 Å². The van der Waals surface area contributed by atoms with Crippen LogP contribution in [0.15, 0.2) is 6.20 Å². The highest BCUT2D eigenvalue weighted by Crippen LogP contribution is 2.14. The number of nitrogens with zero attached hydrogens (tertiary/aromatic N) is 2. The Hall–Kier alpha value is -0.780. The molecular formula is C11H20Cl2N4O. The number of hydrogen-bond acceptors (Lipinski definition) is 3. The maximum Gasteiger partial charge on any atom is 0.236 e. The normalized spacial score (nSPS) is 14.8. The average molecular weight is 295 g/mol. The van der Waals surface area contributed by atoms with Crippen molar-refractivity contribution in [3.63, 3.8) is 0 Å². The van der Waals surface area contributed by atoms with E-state index in [1.165, 1.54) is 12.8 Å². The Morgan fingerprint density at radius 3 is 2.89 bits per heavy atom. The molecule has 1 unspecified atom stereocenters. The molecular weight excluding hydrogens is 275 g/mol. The summed E-state index contributed by atoms with van der Waals surface area (Å²) in [6.07, 6.45) is 5.49. The number of nitrogens with two attached hydrogens (primary N) is 1. The maximum atomic E-state index is 11.3. The van der Waals surface area contributed by atoms with Crippen molar-refractivity contribution >= 4 is 30.7 Å². The molecule has 0 fully saturated rings. The molecule has 2 heterocycles. The first-order valence-electron chi connectivity index (χ1n) is 5.75. The number of rotatable bonds is 3. The Morgan fingerprint density at radius 1 is 1.56 bits per heavy atom. The van der Waals surface area contributed by atoms with E-state index in [2.05, 4.69) is 14.9 Å². The van der Waals surface area contributed by atoms with E-state index < -0.39 is 6.04 Å². The minimum Gasteiger partial charge on any atom is -0.349 e. The van der Waals surface area contributed by atoms with Gasteiger partial charge >= 0.3 is 0 Å². The summed E-state index contributed by atoms with van der Waals surface area (Å²) in [5.74, 6) is 1.00. The van der Waals surface area contributed by atoms with E-state index in [1.54, 1.807) is 6.92 Å². The summed E-state index contributed by atoms with van der Waals surface area (Å²) >= 11 is 0. The molecule has 0 spiro atoms. The monoisotopic (exact) mass is 294 g/mol. The van der Waals surface area contributed by atoms with Gasteiger partial charge in [0.05, 0.1) is 18.3 Å². The van der Waals surface area contributed by atoms with Crippen molar-refractivity contribution in [2.45, 2.75) is 45.3 Å². The number of carbonyl (C=O) groups excluding carboxylic acids is 1. The minimum absolute atomic E-state index is 0. The van der Waals surface area contributed by atoms with Crippen LogP contribution in [0.4, 0.5) is 0 Å². The number of aryl methyl sites for hydroxylation is 2. The van der Waals surface area contributed by atoms with E-state index in [4.69, 9.17) is 5.73 Å². The third kappa shape index (κ3) is 4.15. The summed E-state index contributed by atoms with van der Waals surface area (Å²) in [6.45, 7) is 3.19. The Morgan fingerprint density at radius 2 is 2.28 bits per heavy atom. The van der Waals surface area contributed by atoms with Gasteiger partial charge in [-0.25, -0.2) is 4.98 Å². The van der Waals surface area contributed by atoms with E-state index in [0.717, 1.165) is 24.5 Å². The second-order valence-corrected chi connectivity index (χ2v) is 4.31. The van der Waals surface area contributed by atoms with Gasteiger partial charge in [0.2, 0.25) is 5.91 Å². The van der Waals surface area contributed by atoms with Crippen molar-refractivity contribution < 1.29 is 4.79 Å². The van der Waals surface area contributed by atoms with E-state index in [-0.39, 0.29) is 30.7 Å². The summed E-state index contributed by atoms with van der Waals surface area (Å²) in [6, 6.07) is -0.461. The highest BCUT2D eigenvalue weighted by Gasteiger charge is 2.13. The fraction of sp³-hybridized carbons (Fsp3) is 0.636. The lowest BCUT2D eigenvalue weighted by Crippen LogP contribution is -2.37. The smallest absolute Gasteiger partial charge is 0.236 e. The molecule has 3 N–H and O–H groups in total. The van der Waals surface area contributed by atoms with Crippen molar-refractivity contribution in [3.8, 4) is 0 Å². The van der Waals surface area contributed by atoms with Crippen LogP contribution < -0.4 is 11.1 Å². The second-order valence-electron chi connectivity index (χ2n) is 4.31. The van der Waals surface area contributed by atoms with Crippen LogP contribution in [0.5, 0.6) is 0 Å². The SMILES string of the molecule is CC(N)C(=O)NCc1cn2c(n1)CCCC2.Cl.Cl. The molecule has 0 radical (unpaired) electrons. The Kier molecular flexibility index (Phi) is 7.28. The molecule has 0 saturated carbocycles. The molecule has 18 heavy (non-hydrogen) atoms. The van der Waals surface area contributed by atoms with Crippen LogP contribution in [-0.4, -0.2) is 21.5 Å². The lowest BCUT2D eigenvalue weighted by Gasteiger charge is -2.11. The van der Waals surface area contributed by atoms with E-state index in [1.807, 2.05) is 6.20 Å². The number of fused-ring (bicyclic) bond motifs is 1. The topological polar surface area (TPSA) is 72.9 Å². The molecule has 1 amide bonds. The van der Waals surface area contributed by atoms with Gasteiger partial charge in [0, 0.05) is 19.2 Å². The molecule has 1 aliphatic heterocycles. The first-order chi connectivity index (χ1) is 7.66. The van der Waals surface area contributed by atoms with Crippen LogP contribution in [0, 0.1) is 0 Å². The van der Waals surface area contributed by atoms with Crippen molar-refractivity contribution in [3.05, 3.63) is 17.7 Å². The summed E-state index contributed by atoms with van der Waals surface area (Å²) in [5.41, 5.74) is 6.38. The zero-order valence-corrected chi connectivity index (χ0v) is 12.0. The largest absolute Gasteiger partial charge is 0.349 e. The molecule has 2 rings (SSSR count). The predicted octanol–water partition coefficient (Wildman–Crippen LogP) is 1.03. The van der Waals surface area contributed by atoms with Crippen LogP contribution in [0.3, 0.4) is 0 Å². The molecule has 0 aromatic carbocycles. The second kappa shape index (κ2) is 7.61. The van der Waals surface area contributed by atoms with Gasteiger partial charge in [0.1, 0.15) is 5.82 Å². The van der Waals surface area contributed by atoms with E-state index in [9.17, 15) is 4.79 Å². The number of carbonyl (C=O) groups is 1. The zero-order valence-electron chi connectivity index (χ0n) is 10.4. The summed E-state index contributed by atoms with van der Waals surface area (Å²) in [7, 11) is 0. The number of hydrogen-bond donors (Lipinski definition) is 2. The van der Waals surface area contributed by atoms with Crippen LogP contribution in [0.25, 0.3) is 0 Å². The van der Waals surface area contributed by atoms with Crippen molar-refractivity contribution in [1.29, 1.82) is 0 Å². The summed E-state index contributed by atoms with van der Waals surface area (Å²) < 4.78 is 2.18. The van der Waals surface area contributed by atoms with Gasteiger partial charge in [0.25, 0.3) is 0 Å². The van der Waals surface area contributed by atoms with Crippen molar-refractivity contribution in [2.75, 3.05) is 0 Å². The molecule has 1 aromatic heterocycles. The highest BCUT2D eigenvalue weighted by molar-refractivity contribution is 5.85. The highest BCUT2D eigenvalue weighted by atomic mass is 35.5. The van der Waals surface area contributed by atoms with Crippen LogP contribution in [-0.2, 0) is 24.3 Å². The fourth-order valence-corrected chi connectivity index (χ4v) is 1.90. The Balaban J connectivity index is 0.00000144. The van der Waals surface area contributed by atoms with E-state index >= 15 is 0 Å². The molecule has 1 aromatic rings. The predicted molar refractivity (Wildman–Crippen MR) is 75.2 cm³/mol. The third-order valence-corrected chi connectivity index (χ3v) is 2.82. The lowest BCUT2D eigenvalue weighted by molar-refractivity contribution is -0.122. The fourth-order valence-electron chi connectivity index (χ4n) is 1.90. The van der Waals surface area contributed by atoms with Gasteiger partial charge in [-0.15, -0.1) is 24.8 Å². The van der Waals surface area contributed by atoms with Gasteiger partial charge in [0.15, 0.2) is 0 Å². The average Bonchev–Trinajstić information content (AvgIpc) is 2.68. The standard InChI is InChI=1S/C11H18N4O.2ClH/c1-8(12)11(16)13-6-9-7-15-5-3-2-4-10(15)14-9;;/h7-8H,2-6,12H2,1H3,(H,13,16);2*1H.